The van der Waals surface area contributed by atoms with Crippen LogP contribution < -0.4 is 4.90 Å². The molecule has 2 aromatic rings. The molecule has 0 saturated carbocycles. The van der Waals surface area contributed by atoms with Crippen LogP contribution >= 0.6 is 0 Å². The number of hydrogen-bond acceptors (Lipinski definition) is 3. The molecular weight excluding hydrogens is 328 g/mol. The van der Waals surface area contributed by atoms with Gasteiger partial charge in [-0.05, 0) is 35.9 Å². The maximum Gasteiger partial charge on any atom is 0.336 e. The summed E-state index contributed by atoms with van der Waals surface area (Å²) in [5.41, 5.74) is 1.42. The minimum absolute atomic E-state index is 0.0633. The minimum atomic E-state index is -0.685. The normalized spacial score (nSPS) is 19.9. The molecule has 6 heteroatoms. The molecule has 0 fully saturated rings. The third-order valence-electron chi connectivity index (χ3n) is 4.48. The molecule has 0 N–H and O–H groups in total. The number of carbonyl (C=O) groups is 2. The molecule has 2 aromatic carbocycles. The number of nitrogens with zero attached hydrogens (tertiary/aromatic N) is 1. The maximum absolute atomic E-state index is 14.2. The first-order valence-corrected chi connectivity index (χ1v) is 7.79. The second-order valence-corrected chi connectivity index (χ2v) is 5.92. The molecule has 25 heavy (non-hydrogen) atoms. The van der Waals surface area contributed by atoms with Crippen LogP contribution in [-0.2, 0) is 14.3 Å². The Morgan fingerprint density at radius 1 is 1.00 bits per heavy atom. The molecule has 1 atom stereocenters. The Kier molecular flexibility index (Phi) is 3.60. The third-order valence-corrected chi connectivity index (χ3v) is 4.48. The molecule has 2 heterocycles. The zero-order valence-corrected chi connectivity index (χ0v) is 13.0. The Hall–Kier alpha value is -3.02. The van der Waals surface area contributed by atoms with Gasteiger partial charge in [0.15, 0.2) is 0 Å². The van der Waals surface area contributed by atoms with Crippen LogP contribution in [0.4, 0.5) is 14.5 Å². The van der Waals surface area contributed by atoms with Crippen LogP contribution in [0.3, 0.4) is 0 Å². The van der Waals surface area contributed by atoms with Gasteiger partial charge in [0.25, 0.3) is 0 Å². The zero-order chi connectivity index (χ0) is 17.6. The van der Waals surface area contributed by atoms with E-state index in [1.165, 1.54) is 35.2 Å². The van der Waals surface area contributed by atoms with Crippen molar-refractivity contribution in [3.8, 4) is 0 Å². The summed E-state index contributed by atoms with van der Waals surface area (Å²) in [6.07, 6.45) is -0.0633. The van der Waals surface area contributed by atoms with Crippen LogP contribution in [0, 0.1) is 11.6 Å². The quantitative estimate of drug-likeness (QED) is 0.788. The lowest BCUT2D eigenvalue weighted by molar-refractivity contribution is -0.136. The molecule has 126 valence electrons. The van der Waals surface area contributed by atoms with Gasteiger partial charge in [0.05, 0.1) is 11.3 Å². The van der Waals surface area contributed by atoms with Gasteiger partial charge in [-0.25, -0.2) is 13.6 Å². The number of rotatable bonds is 2. The lowest BCUT2D eigenvalue weighted by Gasteiger charge is -2.31. The van der Waals surface area contributed by atoms with Gasteiger partial charge in [-0.3, -0.25) is 9.69 Å². The van der Waals surface area contributed by atoms with E-state index in [2.05, 4.69) is 0 Å². The molecule has 2 aliphatic rings. The third kappa shape index (κ3) is 2.50. The topological polar surface area (TPSA) is 46.6 Å². The van der Waals surface area contributed by atoms with Crippen molar-refractivity contribution in [2.75, 3.05) is 11.5 Å². The van der Waals surface area contributed by atoms with E-state index in [1.54, 1.807) is 18.2 Å². The first-order chi connectivity index (χ1) is 12.1. The largest absolute Gasteiger partial charge is 0.456 e. The van der Waals surface area contributed by atoms with Crippen molar-refractivity contribution >= 4 is 17.6 Å². The van der Waals surface area contributed by atoms with E-state index >= 15 is 0 Å². The predicted molar refractivity (Wildman–Crippen MR) is 85.6 cm³/mol. The van der Waals surface area contributed by atoms with E-state index in [0.29, 0.717) is 16.9 Å². The molecule has 4 rings (SSSR count). The predicted octanol–water partition coefficient (Wildman–Crippen LogP) is 3.30. The van der Waals surface area contributed by atoms with E-state index in [1.807, 2.05) is 0 Å². The molecule has 0 spiro atoms. The number of esters is 1. The highest BCUT2D eigenvalue weighted by atomic mass is 19.1. The number of cyclic esters (lactones) is 1. The summed E-state index contributed by atoms with van der Waals surface area (Å²) in [6, 6.07) is 11.5. The van der Waals surface area contributed by atoms with Gasteiger partial charge in [0.1, 0.15) is 18.2 Å². The minimum Gasteiger partial charge on any atom is -0.456 e. The van der Waals surface area contributed by atoms with E-state index in [9.17, 15) is 18.4 Å². The van der Waals surface area contributed by atoms with Crippen molar-refractivity contribution in [3.63, 3.8) is 0 Å². The van der Waals surface area contributed by atoms with Gasteiger partial charge in [0.2, 0.25) is 5.91 Å². The molecule has 0 unspecified atom stereocenters. The second-order valence-electron chi connectivity index (χ2n) is 5.92. The number of halogens is 2. The summed E-state index contributed by atoms with van der Waals surface area (Å²) in [6.45, 7) is -0.0672. The maximum atomic E-state index is 14.2. The first-order valence-electron chi connectivity index (χ1n) is 7.79. The van der Waals surface area contributed by atoms with Gasteiger partial charge < -0.3 is 4.74 Å². The Morgan fingerprint density at radius 2 is 1.72 bits per heavy atom. The first kappa shape index (κ1) is 15.5. The van der Waals surface area contributed by atoms with E-state index in [-0.39, 0.29) is 24.5 Å². The SMILES string of the molecule is O=C1OCC2=C1[C@H](c1ccccc1F)CC(=O)N2c1ccc(F)cc1. The van der Waals surface area contributed by atoms with Crippen LogP contribution in [-0.4, -0.2) is 18.5 Å². The summed E-state index contributed by atoms with van der Waals surface area (Å²) < 4.78 is 32.5. The second kappa shape index (κ2) is 5.81. The summed E-state index contributed by atoms with van der Waals surface area (Å²) in [5.74, 6) is -2.43. The molecule has 0 saturated heterocycles. The van der Waals surface area contributed by atoms with Crippen LogP contribution in [0.25, 0.3) is 0 Å². The molecule has 0 bridgehead atoms. The smallest absolute Gasteiger partial charge is 0.336 e. The molecule has 2 aliphatic heterocycles. The lowest BCUT2D eigenvalue weighted by atomic mass is 9.84. The van der Waals surface area contributed by atoms with Crippen molar-refractivity contribution < 1.29 is 23.1 Å². The van der Waals surface area contributed by atoms with Crippen LogP contribution in [0.5, 0.6) is 0 Å². The van der Waals surface area contributed by atoms with Gasteiger partial charge >= 0.3 is 5.97 Å². The van der Waals surface area contributed by atoms with Gasteiger partial charge in [-0.1, -0.05) is 18.2 Å². The van der Waals surface area contributed by atoms with Crippen LogP contribution in [0.15, 0.2) is 59.8 Å². The number of carbonyl (C=O) groups excluding carboxylic acids is 2. The standard InChI is InChI=1S/C19H13F2NO3/c20-11-5-7-12(8-6-11)22-16-10-25-19(24)18(16)14(9-17(22)23)13-3-1-2-4-15(13)21/h1-8,14H,9-10H2/t14-/m0/s1. The molecule has 1 amide bonds. The highest BCUT2D eigenvalue weighted by Gasteiger charge is 2.43. The Morgan fingerprint density at radius 3 is 2.44 bits per heavy atom. The fourth-order valence-electron chi connectivity index (χ4n) is 3.37. The van der Waals surface area contributed by atoms with Crippen molar-refractivity contribution in [1.82, 2.24) is 0 Å². The van der Waals surface area contributed by atoms with E-state index in [0.717, 1.165) is 0 Å². The molecular formula is C19H13F2NO3. The molecule has 0 radical (unpaired) electrons. The average Bonchev–Trinajstić information content (AvgIpc) is 2.98. The zero-order valence-electron chi connectivity index (χ0n) is 13.0. The fourth-order valence-corrected chi connectivity index (χ4v) is 3.37. The van der Waals surface area contributed by atoms with Crippen molar-refractivity contribution in [1.29, 1.82) is 0 Å². The number of hydrogen-bond donors (Lipinski definition) is 0. The summed E-state index contributed by atoms with van der Waals surface area (Å²) >= 11 is 0. The van der Waals surface area contributed by atoms with Crippen LogP contribution in [0.1, 0.15) is 17.9 Å². The fraction of sp³-hybridized carbons (Fsp3) is 0.158. The highest BCUT2D eigenvalue weighted by Crippen LogP contribution is 2.42. The van der Waals surface area contributed by atoms with Gasteiger partial charge in [0, 0.05) is 18.0 Å². The number of ether oxygens (including phenoxy) is 1. The van der Waals surface area contributed by atoms with Crippen molar-refractivity contribution in [2.24, 2.45) is 0 Å². The number of anilines is 1. The van der Waals surface area contributed by atoms with Crippen molar-refractivity contribution in [2.45, 2.75) is 12.3 Å². The van der Waals surface area contributed by atoms with E-state index in [4.69, 9.17) is 4.74 Å². The summed E-state index contributed by atoms with van der Waals surface area (Å²) in [7, 11) is 0. The van der Waals surface area contributed by atoms with Crippen LogP contribution in [0.2, 0.25) is 0 Å². The molecule has 0 aromatic heterocycles. The molecule has 0 aliphatic carbocycles. The average molecular weight is 341 g/mol. The Bertz CT molecular complexity index is 905. The summed E-state index contributed by atoms with van der Waals surface area (Å²) in [5, 5.41) is 0. The van der Waals surface area contributed by atoms with Gasteiger partial charge in [-0.2, -0.15) is 0 Å². The molecule has 4 nitrogen and oxygen atoms in total. The highest BCUT2D eigenvalue weighted by molar-refractivity contribution is 6.06. The lowest BCUT2D eigenvalue weighted by Crippen LogP contribution is -2.37. The number of benzene rings is 2. The van der Waals surface area contributed by atoms with Crippen molar-refractivity contribution in [3.05, 3.63) is 77.0 Å². The monoisotopic (exact) mass is 341 g/mol. The van der Waals surface area contributed by atoms with E-state index < -0.39 is 23.5 Å². The number of amides is 1. The van der Waals surface area contributed by atoms with Gasteiger partial charge in [-0.15, -0.1) is 0 Å². The summed E-state index contributed by atoms with van der Waals surface area (Å²) in [4.78, 5) is 26.3. The Balaban J connectivity index is 1.85. The Labute approximate surface area is 142 Å².